The zero-order chi connectivity index (χ0) is 94.0. The van der Waals surface area contributed by atoms with Crippen LogP contribution in [0.3, 0.4) is 0 Å². The summed E-state index contributed by atoms with van der Waals surface area (Å²) in [6, 6.07) is 0. The maximum Gasteiger partial charge on any atom is 1.00 e. The van der Waals surface area contributed by atoms with E-state index in [1.54, 1.807) is 4.57 Å². The molecule has 50 nitrogen and oxygen atoms in total. The molecule has 0 amide bonds. The van der Waals surface area contributed by atoms with Gasteiger partial charge in [0.2, 0.25) is 23.8 Å². The van der Waals surface area contributed by atoms with Gasteiger partial charge in [0.05, 0.1) is 66.7 Å². The molecule has 0 bridgehead atoms. The van der Waals surface area contributed by atoms with Crippen LogP contribution in [0.25, 0.3) is 44.7 Å². The van der Waals surface area contributed by atoms with Gasteiger partial charge in [-0.15, -0.1) is 0 Å². The van der Waals surface area contributed by atoms with Gasteiger partial charge in [0, 0.05) is 45.8 Å². The summed E-state index contributed by atoms with van der Waals surface area (Å²) in [6.45, 7) is 9.24. The van der Waals surface area contributed by atoms with Gasteiger partial charge in [-0.1, -0.05) is 137 Å². The van der Waals surface area contributed by atoms with Crippen molar-refractivity contribution in [3.8, 4) is 0 Å². The molecule has 19 atom stereocenters. The molecule has 8 aromatic heterocycles. The molecule has 12 rings (SSSR count). The zero-order valence-corrected chi connectivity index (χ0v) is 88.3. The second kappa shape index (κ2) is 58.3. The summed E-state index contributed by atoms with van der Waals surface area (Å²) in [5.41, 5.74) is 8.78. The Morgan fingerprint density at radius 3 is 0.805 bits per heavy atom. The van der Waals surface area contributed by atoms with Gasteiger partial charge >= 0.3 is 88.7 Å². The SMILES string of the molecule is CC(=S)NCCCCCCNc1nc(=S)c2ncn([C@@H]3O[C@H](CO)C(O)[C@@H]3O)c2[nH]1.CC(=S)NCCCCCCNc1nc(=S)c2ncn([C@@H]3O[C@H](COP(=O)([O-])O)C(O)[C@@H]3O)c2[nH]1.CC(=S)NCCCCCCNc1nc(=S)c2ncn([C@@H]3O[C@H](COP(=O)([O-])O)C(O)[C@@H]3O)c2[nH]1.N.NCCCCCCNc1nc(=S)c2ncn([C@@H]3O[C@H](COP(=O)([O-])O)C(O)[C@@H]3O)c2[nH]1.[Na+].[Na+].[Na+]. The van der Waals surface area contributed by atoms with Crippen molar-refractivity contribution in [2.75, 3.05) is 100 Å². The Bertz CT molecular complexity index is 5230. The average molecular weight is 2090 g/mol. The molecular weight excluding hydrogens is 1980 g/mol. The van der Waals surface area contributed by atoms with Crippen molar-refractivity contribution in [2.45, 2.75) is 222 Å². The number of aliphatic hydroxyl groups is 9. The molecule has 0 aliphatic carbocycles. The Balaban J connectivity index is 0.000000311. The van der Waals surface area contributed by atoms with Crippen molar-refractivity contribution < 1.29 is 210 Å². The van der Waals surface area contributed by atoms with E-state index in [4.69, 9.17) is 125 Å². The van der Waals surface area contributed by atoms with Crippen LogP contribution >= 0.6 is 109 Å². The molecule has 728 valence electrons. The molecule has 133 heavy (non-hydrogen) atoms. The van der Waals surface area contributed by atoms with Crippen LogP contribution in [0.15, 0.2) is 25.3 Å². The Morgan fingerprint density at radius 2 is 0.602 bits per heavy atom. The summed E-state index contributed by atoms with van der Waals surface area (Å²) in [7, 11) is -15.0. The fraction of sp³-hybridized carbons (Fsp3) is 0.671. The van der Waals surface area contributed by atoms with E-state index in [9.17, 15) is 74.3 Å². The third kappa shape index (κ3) is 36.6. The summed E-state index contributed by atoms with van der Waals surface area (Å²) in [6.07, 6.45) is 2.20. The maximum atomic E-state index is 10.8. The van der Waals surface area contributed by atoms with E-state index in [0.717, 1.165) is 144 Å². The number of anilines is 4. The second-order valence-corrected chi connectivity index (χ2v) is 37.2. The maximum absolute atomic E-state index is 10.8. The molecule has 0 saturated carbocycles. The largest absolute Gasteiger partial charge is 1.00 e. The van der Waals surface area contributed by atoms with Crippen LogP contribution in [0.4, 0.5) is 23.8 Å². The number of fused-ring (bicyclic) bond motifs is 4. The minimum absolute atomic E-state index is 0. The monoisotopic (exact) mass is 2090 g/mol. The Kier molecular flexibility index (Phi) is 52.7. The van der Waals surface area contributed by atoms with Crippen LogP contribution < -0.4 is 152 Å². The second-order valence-electron chi connectivity index (χ2n) is 30.2. The van der Waals surface area contributed by atoms with E-state index in [1.807, 2.05) is 20.8 Å². The van der Waals surface area contributed by atoms with Crippen LogP contribution in [0.2, 0.25) is 0 Å². The summed E-state index contributed by atoms with van der Waals surface area (Å²) >= 11 is 36.2. The topological polar surface area (TPSA) is 759 Å². The molecule has 63 heteroatoms. The number of unbranched alkanes of at least 4 members (excludes halogenated alkanes) is 12. The van der Waals surface area contributed by atoms with E-state index in [2.05, 4.69) is 111 Å². The van der Waals surface area contributed by atoms with Crippen LogP contribution in [-0.2, 0) is 46.2 Å². The quantitative estimate of drug-likeness (QED) is 0.00730. The number of hydrogen-bond acceptors (Lipinski definition) is 43. The standard InChI is InChI=1S/2C18H29N6O7PS2.C18H28N6O4S2.C16H27N6O7PS.H3N.3Na/c2*1-10(33)19-6-4-2-3-5-7-20-18-22-15-12(16(34)23-18)21-9-24(15)17-14(26)13(25)11(31-17)8-30-32(27,28)29;1-10(29)19-6-4-2-3-5-7-20-18-22-15-12(16(30)23-18)21-9-24(15)17-14(27)13(26)11(8-25)28-17;17-5-3-1-2-4-6-18-16-20-13-10(14(31)21-16)19-8-22(13)15-12(24)11(23)9(29-15)7-28-30(25,26)27;;;;/h2*9,11,13-14,17,25-26H,2-8H2,1H3,(H,19,33)(H2,27,28,29)(H2,20,22,23,34);9,11,13-14,17,25-27H,2-8H2,1H3,(H,19,29)(H2,20,22,23,30);8-9,11-12,15,23-24H,1-7,17H2,(H2,25,26,27)(H2,18,20,21,31);1H3;;;/q;;;;;3*+1/p-3/t3*11-,13?,14+,17-;9-,11?,12+,15-;;;;/m1111..../s1. The van der Waals surface area contributed by atoms with Crippen molar-refractivity contribution in [2.24, 2.45) is 5.73 Å². The number of ether oxygens (including phenoxy) is 4. The molecule has 4 aliphatic heterocycles. The summed E-state index contributed by atoms with van der Waals surface area (Å²) in [4.78, 5) is 108. The molecule has 0 spiro atoms. The normalized spacial score (nSPS) is 23.8. The first-order valence-corrected chi connectivity index (χ1v) is 48.6. The van der Waals surface area contributed by atoms with Crippen molar-refractivity contribution >= 4 is 192 Å². The van der Waals surface area contributed by atoms with Crippen LogP contribution in [0.5, 0.6) is 0 Å². The molecule has 28 N–H and O–H groups in total. The van der Waals surface area contributed by atoms with E-state index in [1.165, 1.54) is 39.0 Å². The van der Waals surface area contributed by atoms with Crippen molar-refractivity contribution in [3.05, 3.63) is 43.9 Å². The minimum atomic E-state index is -5.01. The van der Waals surface area contributed by atoms with Crippen LogP contribution in [0.1, 0.15) is 148 Å². The van der Waals surface area contributed by atoms with Crippen LogP contribution in [0, 0.1) is 18.6 Å². The molecule has 12 heterocycles. The van der Waals surface area contributed by atoms with Crippen molar-refractivity contribution in [3.63, 3.8) is 0 Å². The number of rotatable bonds is 45. The van der Waals surface area contributed by atoms with Gasteiger partial charge in [0.15, 0.2) is 43.5 Å². The number of aliphatic hydroxyl groups excluding tert-OH is 9. The predicted octanol–water partition coefficient (Wildman–Crippen LogP) is -7.31. The Labute approximate surface area is 865 Å². The summed E-state index contributed by atoms with van der Waals surface area (Å²) < 4.78 is 74.6. The molecule has 4 saturated heterocycles. The Morgan fingerprint density at radius 1 is 0.391 bits per heavy atom. The smallest absolute Gasteiger partial charge is 0.756 e. The number of aromatic nitrogens is 16. The first-order chi connectivity index (χ1) is 61.3. The number of H-pyrrole nitrogens is 4. The third-order valence-electron chi connectivity index (χ3n) is 20.4. The van der Waals surface area contributed by atoms with Crippen LogP contribution in [-0.4, -0.2) is 306 Å². The number of thiocarbonyl (C=S) groups is 3. The van der Waals surface area contributed by atoms with E-state index in [0.29, 0.717) is 99.3 Å². The third-order valence-corrected chi connectivity index (χ3v) is 23.3. The van der Waals surface area contributed by atoms with E-state index >= 15 is 0 Å². The van der Waals surface area contributed by atoms with Gasteiger partial charge in [-0.05, 0) is 78.7 Å². The molecular formula is C70H113N25Na3O25P3S7. The number of nitrogens with one attached hydrogen (secondary N) is 11. The van der Waals surface area contributed by atoms with Gasteiger partial charge < -0.3 is 177 Å². The van der Waals surface area contributed by atoms with E-state index < -0.39 is 148 Å². The average Bonchev–Trinajstić information content (AvgIpc) is 1.64. The summed E-state index contributed by atoms with van der Waals surface area (Å²) in [5, 5.41) is 114. The van der Waals surface area contributed by atoms with Gasteiger partial charge in [0.1, 0.15) is 118 Å². The number of imidazole rings is 4. The first-order valence-electron chi connectivity index (χ1n) is 41.2. The van der Waals surface area contributed by atoms with Gasteiger partial charge in [-0.3, -0.25) is 32.0 Å². The van der Waals surface area contributed by atoms with Gasteiger partial charge in [0.25, 0.3) is 23.5 Å². The van der Waals surface area contributed by atoms with Gasteiger partial charge in [-0.25, -0.2) is 39.9 Å². The fourth-order valence-corrected chi connectivity index (χ4v) is 16.1. The van der Waals surface area contributed by atoms with Crippen molar-refractivity contribution in [1.29, 1.82) is 0 Å². The first kappa shape index (κ1) is 120. The Hall–Kier alpha value is -3.32. The summed E-state index contributed by atoms with van der Waals surface area (Å²) in [5.74, 6) is 1.74. The molecule has 7 unspecified atom stereocenters. The molecule has 0 aromatic carbocycles. The number of nitrogens with zero attached hydrogens (tertiary/aromatic N) is 12. The predicted molar refractivity (Wildman–Crippen MR) is 490 cm³/mol. The molecule has 4 fully saturated rings. The number of aromatic amines is 4. The molecule has 0 radical (unpaired) electrons. The minimum Gasteiger partial charge on any atom is -0.756 e. The van der Waals surface area contributed by atoms with Crippen molar-refractivity contribution in [1.82, 2.24) is 100 Å². The van der Waals surface area contributed by atoms with Gasteiger partial charge in [-0.2, -0.15) is 0 Å². The number of phosphoric acid groups is 3. The zero-order valence-electron chi connectivity index (χ0n) is 73.9. The number of nitrogens with two attached hydrogens (primary N) is 1. The number of phosphoric ester groups is 3. The number of hydrogen-bond donors (Lipinski definition) is 25. The fourth-order valence-electron chi connectivity index (χ4n) is 13.8. The molecule has 4 aliphatic rings. The van der Waals surface area contributed by atoms with E-state index in [-0.39, 0.29) is 109 Å². The molecule has 8 aromatic rings.